The molecule has 0 aliphatic rings. The molecule has 11 nitrogen and oxygen atoms in total. The van der Waals surface area contributed by atoms with Crippen molar-refractivity contribution in [2.45, 2.75) is 63.4 Å². The SMILES string of the molecule is CN(C)c1ccc([Te]CCCOc2cc(COc3cc(CO)cc(OCc4cc(OCCC[Te]c5ccc(N(C)C)cc5)cc(OCCC[Te]c5ccc(N(C)C)cc5)c4)c3)cc(OCCC[Te]c3ccc(N(C)C)cc3)c2)cc1. The Morgan fingerprint density at radius 1 is 0.300 bits per heavy atom. The quantitative estimate of drug-likeness (QED) is 0.0305. The minimum atomic E-state index is -0.302. The molecule has 0 radical (unpaired) electrons. The Hall–Kier alpha value is -4.34. The molecule has 0 aliphatic carbocycles. The molecule has 0 saturated heterocycles. The number of benzene rings is 7. The number of aliphatic hydroxyl groups is 1. The summed E-state index contributed by atoms with van der Waals surface area (Å²) in [5.74, 6) is 4.29. The van der Waals surface area contributed by atoms with E-state index in [1.807, 2.05) is 54.6 Å². The van der Waals surface area contributed by atoms with Crippen LogP contribution in [0.5, 0.6) is 34.5 Å². The van der Waals surface area contributed by atoms with Gasteiger partial charge in [-0.25, -0.2) is 0 Å². The molecule has 0 aromatic heterocycles. The van der Waals surface area contributed by atoms with Gasteiger partial charge >= 0.3 is 511 Å². The maximum atomic E-state index is 10.4. The number of aliphatic hydroxyl groups excluding tert-OH is 1. The number of nitrogens with zero attached hydrogens (tertiary/aromatic N) is 4. The maximum absolute atomic E-state index is 10.4. The predicted octanol–water partition coefficient (Wildman–Crippen LogP) is 9.47. The summed E-state index contributed by atoms with van der Waals surface area (Å²) in [6.45, 7) is 2.93. The van der Waals surface area contributed by atoms with Gasteiger partial charge in [0.2, 0.25) is 0 Å². The van der Waals surface area contributed by atoms with Gasteiger partial charge in [0.25, 0.3) is 0 Å². The molecule has 0 saturated carbocycles. The number of hydrogen-bond donors (Lipinski definition) is 1. The summed E-state index contributed by atoms with van der Waals surface area (Å²) in [5.41, 5.74) is 7.47. The molecule has 7 aromatic rings. The zero-order valence-electron chi connectivity index (χ0n) is 47.9. The fourth-order valence-electron chi connectivity index (χ4n) is 8.10. The van der Waals surface area contributed by atoms with Crippen LogP contribution in [-0.4, -0.2) is 172 Å². The standard InChI is InChI=1S/C65H80N4O7Te4/c1-66(2)52-13-21-62(22-14-52)77-33-9-29-71-56-39-50(40-57(43-56)72-30-10-34-78-63-23-15-53(16-24-63)67(3)4)47-75-60-37-49(46-70)38-61(45-60)76-48-51-41-58(73-31-11-35-79-64-25-17-54(18-26-64)68(5)6)44-59(42-51)74-32-12-36-80-65-27-19-55(20-28-65)69(7)8/h13-28,37-45,70H,9-12,29-36,46-48H2,1-8H3. The Bertz CT molecular complexity index is 2560. The Morgan fingerprint density at radius 3 is 0.750 bits per heavy atom. The molecule has 0 amide bonds. The molecule has 0 heterocycles. The van der Waals surface area contributed by atoms with Crippen molar-refractivity contribution in [2.24, 2.45) is 0 Å². The first-order chi connectivity index (χ1) is 38.8. The van der Waals surface area contributed by atoms with E-state index in [0.29, 0.717) is 43.5 Å². The number of ether oxygens (including phenoxy) is 6. The number of rotatable bonds is 35. The second-order valence-corrected chi connectivity index (χ2v) is 33.3. The van der Waals surface area contributed by atoms with Crippen molar-refractivity contribution >= 4 is 121 Å². The first kappa shape index (κ1) is 63.2. The van der Waals surface area contributed by atoms with Gasteiger partial charge in [0.05, 0.1) is 6.61 Å². The Balaban J connectivity index is 0.967. The average Bonchev–Trinajstić information content (AvgIpc) is 3.47. The third kappa shape index (κ3) is 22.4. The summed E-state index contributed by atoms with van der Waals surface area (Å²) in [6.07, 6.45) is 3.95. The van der Waals surface area contributed by atoms with Crippen molar-refractivity contribution in [3.8, 4) is 34.5 Å². The van der Waals surface area contributed by atoms with Crippen LogP contribution in [0.1, 0.15) is 42.4 Å². The van der Waals surface area contributed by atoms with E-state index in [1.165, 1.54) is 37.2 Å². The van der Waals surface area contributed by atoms with Gasteiger partial charge in [-0.15, -0.1) is 0 Å². The van der Waals surface area contributed by atoms with Crippen molar-refractivity contribution in [1.29, 1.82) is 0 Å². The average molecular weight is 1540 g/mol. The van der Waals surface area contributed by atoms with E-state index in [0.717, 1.165) is 77.7 Å². The molecule has 0 unspecified atom stereocenters. The van der Waals surface area contributed by atoms with Crippen LogP contribution < -0.4 is 62.5 Å². The molecule has 15 heteroatoms. The van der Waals surface area contributed by atoms with Crippen LogP contribution in [-0.2, 0) is 19.8 Å². The van der Waals surface area contributed by atoms with Crippen molar-refractivity contribution in [3.63, 3.8) is 0 Å². The van der Waals surface area contributed by atoms with Crippen molar-refractivity contribution < 1.29 is 33.5 Å². The Kier molecular flexibility index (Phi) is 27.1. The zero-order valence-corrected chi connectivity index (χ0v) is 57.2. The topological polar surface area (TPSA) is 88.6 Å². The van der Waals surface area contributed by atoms with Gasteiger partial charge in [-0.05, 0) is 0 Å². The molecule has 0 spiro atoms. The van der Waals surface area contributed by atoms with Crippen molar-refractivity contribution in [2.75, 3.05) is 102 Å². The van der Waals surface area contributed by atoms with Crippen LogP contribution in [0.4, 0.5) is 22.7 Å². The van der Waals surface area contributed by atoms with Crippen LogP contribution >= 0.6 is 0 Å². The molecule has 0 bridgehead atoms. The molecule has 80 heavy (non-hydrogen) atoms. The summed E-state index contributed by atoms with van der Waals surface area (Å²) in [4.78, 5) is 8.55. The Labute approximate surface area is 517 Å². The molecule has 1 N–H and O–H groups in total. The predicted molar refractivity (Wildman–Crippen MR) is 338 cm³/mol. The van der Waals surface area contributed by atoms with E-state index >= 15 is 0 Å². The molecule has 7 aromatic carbocycles. The zero-order chi connectivity index (χ0) is 56.5. The Morgan fingerprint density at radius 2 is 0.525 bits per heavy atom. The van der Waals surface area contributed by atoms with Crippen molar-refractivity contribution in [1.82, 2.24) is 0 Å². The summed E-state index contributed by atoms with van der Waals surface area (Å²) < 4.78 is 49.1. The summed E-state index contributed by atoms with van der Waals surface area (Å²) >= 11 is -1.21. The van der Waals surface area contributed by atoms with E-state index in [2.05, 4.69) is 173 Å². The van der Waals surface area contributed by atoms with E-state index in [4.69, 9.17) is 28.4 Å². The van der Waals surface area contributed by atoms with Gasteiger partial charge in [-0.1, -0.05) is 0 Å². The van der Waals surface area contributed by atoms with E-state index in [1.54, 1.807) is 0 Å². The third-order valence-electron chi connectivity index (χ3n) is 12.5. The molecular weight excluding hydrogens is 1460 g/mol. The summed E-state index contributed by atoms with van der Waals surface area (Å²) in [6, 6.07) is 53.7. The molecular formula is C65H80N4O7Te4. The second-order valence-electron chi connectivity index (χ2n) is 19.9. The second kappa shape index (κ2) is 34.3. The summed E-state index contributed by atoms with van der Waals surface area (Å²) in [5, 5.41) is 10.4. The van der Waals surface area contributed by atoms with E-state index in [-0.39, 0.29) is 104 Å². The normalized spacial score (nSPS) is 11.0. The number of hydrogen-bond acceptors (Lipinski definition) is 11. The van der Waals surface area contributed by atoms with Gasteiger partial charge < -0.3 is 5.11 Å². The molecule has 0 aliphatic heterocycles. The first-order valence-electron chi connectivity index (χ1n) is 27.3. The number of anilines is 4. The van der Waals surface area contributed by atoms with Gasteiger partial charge in [0.15, 0.2) is 0 Å². The van der Waals surface area contributed by atoms with Gasteiger partial charge in [-0.2, -0.15) is 0 Å². The fraction of sp³-hybridized carbons (Fsp3) is 0.354. The van der Waals surface area contributed by atoms with Crippen LogP contribution in [0.3, 0.4) is 0 Å². The van der Waals surface area contributed by atoms with Crippen LogP contribution in [0, 0.1) is 0 Å². The van der Waals surface area contributed by atoms with E-state index < -0.39 is 0 Å². The van der Waals surface area contributed by atoms with E-state index in [9.17, 15) is 5.11 Å². The van der Waals surface area contributed by atoms with Gasteiger partial charge in [0, 0.05) is 0 Å². The first-order valence-corrected chi connectivity index (χ1v) is 38.5. The fourth-order valence-corrected chi connectivity index (χ4v) is 17.5. The monoisotopic (exact) mass is 1550 g/mol. The molecule has 0 atom stereocenters. The van der Waals surface area contributed by atoms with Gasteiger partial charge in [0.1, 0.15) is 0 Å². The van der Waals surface area contributed by atoms with Crippen LogP contribution in [0.15, 0.2) is 152 Å². The third-order valence-corrected chi connectivity index (χ3v) is 25.1. The van der Waals surface area contributed by atoms with Gasteiger partial charge in [-0.3, -0.25) is 0 Å². The molecule has 7 rings (SSSR count). The molecule has 426 valence electrons. The molecule has 0 fully saturated rings. The van der Waals surface area contributed by atoms with Crippen LogP contribution in [0.25, 0.3) is 0 Å². The van der Waals surface area contributed by atoms with Crippen LogP contribution in [0.2, 0.25) is 17.9 Å². The summed E-state index contributed by atoms with van der Waals surface area (Å²) in [7, 11) is 16.6. The van der Waals surface area contributed by atoms with Crippen molar-refractivity contribution in [3.05, 3.63) is 168 Å². The minimum absolute atomic E-state index is 0.154.